The van der Waals surface area contributed by atoms with Gasteiger partial charge in [-0.05, 0) is 12.5 Å². The Bertz CT molecular complexity index is 240. The van der Waals surface area contributed by atoms with Crippen molar-refractivity contribution in [3.63, 3.8) is 0 Å². The van der Waals surface area contributed by atoms with Crippen LogP contribution in [0.15, 0.2) is 18.5 Å². The fraction of sp³-hybridized carbons (Fsp3) is 0.375. The minimum atomic E-state index is 0.195. The first-order valence-electron chi connectivity index (χ1n) is 3.59. The second-order valence-corrected chi connectivity index (χ2v) is 2.31. The van der Waals surface area contributed by atoms with E-state index in [1.807, 2.05) is 30.0 Å². The van der Waals surface area contributed by atoms with E-state index in [0.717, 1.165) is 5.82 Å². The van der Waals surface area contributed by atoms with Crippen LogP contribution in [0.3, 0.4) is 0 Å². The third-order valence-electron chi connectivity index (χ3n) is 1.42. The number of hydrogen-bond acceptors (Lipinski definition) is 2. The first-order chi connectivity index (χ1) is 5.34. The number of aliphatic hydroxyl groups excluding tert-OH is 1. The number of nitrogens with zero attached hydrogens (tertiary/aromatic N) is 2. The molecular formula is C8H12N2O. The van der Waals surface area contributed by atoms with Gasteiger partial charge in [-0.1, -0.05) is 6.08 Å². The first-order valence-corrected chi connectivity index (χ1v) is 3.59. The summed E-state index contributed by atoms with van der Waals surface area (Å²) in [7, 11) is 1.94. The SMILES string of the molecule is Cn1ccnc1C=CCCO. The van der Waals surface area contributed by atoms with Gasteiger partial charge in [-0.3, -0.25) is 0 Å². The molecular weight excluding hydrogens is 140 g/mol. The van der Waals surface area contributed by atoms with Crippen LogP contribution in [0.25, 0.3) is 6.08 Å². The minimum Gasteiger partial charge on any atom is -0.396 e. The van der Waals surface area contributed by atoms with Crippen molar-refractivity contribution in [1.29, 1.82) is 0 Å². The normalized spacial score (nSPS) is 11.1. The molecule has 1 N–H and O–H groups in total. The van der Waals surface area contributed by atoms with Gasteiger partial charge in [0, 0.05) is 26.0 Å². The number of aliphatic hydroxyl groups is 1. The molecule has 1 heterocycles. The van der Waals surface area contributed by atoms with Crippen LogP contribution in [-0.2, 0) is 7.05 Å². The molecule has 1 aromatic heterocycles. The summed E-state index contributed by atoms with van der Waals surface area (Å²) in [5.74, 6) is 0.915. The zero-order valence-corrected chi connectivity index (χ0v) is 6.57. The summed E-state index contributed by atoms with van der Waals surface area (Å²) in [6, 6.07) is 0. The molecule has 0 amide bonds. The molecule has 0 aromatic carbocycles. The van der Waals surface area contributed by atoms with Gasteiger partial charge in [0.2, 0.25) is 0 Å². The summed E-state index contributed by atoms with van der Waals surface area (Å²) in [4.78, 5) is 4.08. The molecule has 1 aromatic rings. The topological polar surface area (TPSA) is 38.0 Å². The molecule has 3 heteroatoms. The average molecular weight is 152 g/mol. The Kier molecular flexibility index (Phi) is 2.86. The zero-order valence-electron chi connectivity index (χ0n) is 6.57. The summed E-state index contributed by atoms with van der Waals surface area (Å²) in [5.41, 5.74) is 0. The maximum absolute atomic E-state index is 8.49. The van der Waals surface area contributed by atoms with Crippen molar-refractivity contribution >= 4 is 6.08 Å². The largest absolute Gasteiger partial charge is 0.396 e. The van der Waals surface area contributed by atoms with Crippen LogP contribution in [-0.4, -0.2) is 21.3 Å². The van der Waals surface area contributed by atoms with Gasteiger partial charge in [-0.2, -0.15) is 0 Å². The number of rotatable bonds is 3. The van der Waals surface area contributed by atoms with Crippen LogP contribution in [0.2, 0.25) is 0 Å². The Balaban J connectivity index is 2.56. The fourth-order valence-corrected chi connectivity index (χ4v) is 0.801. The molecule has 0 fully saturated rings. The zero-order chi connectivity index (χ0) is 8.10. The van der Waals surface area contributed by atoms with E-state index in [4.69, 9.17) is 5.11 Å². The molecule has 1 rings (SSSR count). The van der Waals surface area contributed by atoms with Crippen LogP contribution in [0.5, 0.6) is 0 Å². The average Bonchev–Trinajstić information content (AvgIpc) is 2.37. The molecule has 0 unspecified atom stereocenters. The van der Waals surface area contributed by atoms with Crippen LogP contribution in [0.4, 0.5) is 0 Å². The van der Waals surface area contributed by atoms with Gasteiger partial charge in [-0.25, -0.2) is 4.98 Å². The highest BCUT2D eigenvalue weighted by molar-refractivity contribution is 5.39. The monoisotopic (exact) mass is 152 g/mol. The van der Waals surface area contributed by atoms with Crippen molar-refractivity contribution in [2.45, 2.75) is 6.42 Å². The highest BCUT2D eigenvalue weighted by Gasteiger charge is 1.90. The van der Waals surface area contributed by atoms with E-state index in [9.17, 15) is 0 Å². The Hall–Kier alpha value is -1.09. The van der Waals surface area contributed by atoms with Crippen molar-refractivity contribution < 1.29 is 5.11 Å². The summed E-state index contributed by atoms with van der Waals surface area (Å²) in [6.07, 6.45) is 8.13. The predicted octanol–water partition coefficient (Wildman–Crippen LogP) is 0.816. The van der Waals surface area contributed by atoms with Gasteiger partial charge in [0.15, 0.2) is 0 Å². The fourth-order valence-electron chi connectivity index (χ4n) is 0.801. The Morgan fingerprint density at radius 2 is 2.55 bits per heavy atom. The van der Waals surface area contributed by atoms with Gasteiger partial charge < -0.3 is 9.67 Å². The van der Waals surface area contributed by atoms with Gasteiger partial charge >= 0.3 is 0 Å². The summed E-state index contributed by atoms with van der Waals surface area (Å²) in [6.45, 7) is 0.195. The second-order valence-electron chi connectivity index (χ2n) is 2.31. The molecule has 0 saturated carbocycles. The molecule has 0 spiro atoms. The lowest BCUT2D eigenvalue weighted by atomic mass is 10.4. The van der Waals surface area contributed by atoms with Crippen LogP contribution in [0.1, 0.15) is 12.2 Å². The molecule has 11 heavy (non-hydrogen) atoms. The lowest BCUT2D eigenvalue weighted by molar-refractivity contribution is 0.303. The standard InChI is InChI=1S/C8H12N2O/c1-10-6-5-9-8(10)4-2-3-7-11/h2,4-6,11H,3,7H2,1H3. The molecule has 0 aliphatic rings. The molecule has 0 saturated heterocycles. The van der Waals surface area contributed by atoms with E-state index in [1.54, 1.807) is 6.20 Å². The Labute approximate surface area is 66.0 Å². The smallest absolute Gasteiger partial charge is 0.131 e. The van der Waals surface area contributed by atoms with Gasteiger partial charge in [0.25, 0.3) is 0 Å². The van der Waals surface area contributed by atoms with Crippen LogP contribution in [0, 0.1) is 0 Å². The summed E-state index contributed by atoms with van der Waals surface area (Å²) in [5, 5.41) is 8.49. The maximum Gasteiger partial charge on any atom is 0.131 e. The van der Waals surface area contributed by atoms with Crippen molar-refractivity contribution in [2.75, 3.05) is 6.61 Å². The maximum atomic E-state index is 8.49. The van der Waals surface area contributed by atoms with Crippen molar-refractivity contribution in [1.82, 2.24) is 9.55 Å². The van der Waals surface area contributed by atoms with Crippen molar-refractivity contribution in [2.24, 2.45) is 7.05 Å². The highest BCUT2D eigenvalue weighted by Crippen LogP contribution is 1.97. The van der Waals surface area contributed by atoms with E-state index in [-0.39, 0.29) is 6.61 Å². The number of hydrogen-bond donors (Lipinski definition) is 1. The number of aromatic nitrogens is 2. The van der Waals surface area contributed by atoms with Crippen molar-refractivity contribution in [3.05, 3.63) is 24.3 Å². The molecule has 0 aliphatic carbocycles. The minimum absolute atomic E-state index is 0.195. The number of imidazole rings is 1. The summed E-state index contributed by atoms with van der Waals surface area (Å²) >= 11 is 0. The van der Waals surface area contributed by atoms with E-state index in [1.165, 1.54) is 0 Å². The third kappa shape index (κ3) is 2.20. The van der Waals surface area contributed by atoms with Crippen molar-refractivity contribution in [3.8, 4) is 0 Å². The van der Waals surface area contributed by atoms with E-state index >= 15 is 0 Å². The quantitative estimate of drug-likeness (QED) is 0.696. The van der Waals surface area contributed by atoms with Gasteiger partial charge in [0.05, 0.1) is 0 Å². The van der Waals surface area contributed by atoms with Gasteiger partial charge in [0.1, 0.15) is 5.82 Å². The van der Waals surface area contributed by atoms with Gasteiger partial charge in [-0.15, -0.1) is 0 Å². The van der Waals surface area contributed by atoms with E-state index in [2.05, 4.69) is 4.98 Å². The molecule has 0 atom stereocenters. The summed E-state index contributed by atoms with van der Waals surface area (Å²) < 4.78 is 1.92. The lowest BCUT2D eigenvalue weighted by Gasteiger charge is -1.92. The predicted molar refractivity (Wildman–Crippen MR) is 43.9 cm³/mol. The Morgan fingerprint density at radius 1 is 1.73 bits per heavy atom. The molecule has 0 aliphatic heterocycles. The Morgan fingerprint density at radius 3 is 3.09 bits per heavy atom. The number of aryl methyl sites for hydroxylation is 1. The highest BCUT2D eigenvalue weighted by atomic mass is 16.2. The lowest BCUT2D eigenvalue weighted by Crippen LogP contribution is -1.88. The molecule has 0 radical (unpaired) electrons. The third-order valence-corrected chi connectivity index (χ3v) is 1.42. The van der Waals surface area contributed by atoms with E-state index < -0.39 is 0 Å². The van der Waals surface area contributed by atoms with E-state index in [0.29, 0.717) is 6.42 Å². The first kappa shape index (κ1) is 8.01. The second kappa shape index (κ2) is 3.93. The molecule has 60 valence electrons. The van der Waals surface area contributed by atoms with Crippen LogP contribution >= 0.6 is 0 Å². The van der Waals surface area contributed by atoms with Crippen LogP contribution < -0.4 is 0 Å². The molecule has 0 bridgehead atoms. The molecule has 3 nitrogen and oxygen atoms in total.